The van der Waals surface area contributed by atoms with Gasteiger partial charge in [0, 0.05) is 44.2 Å². The fourth-order valence-corrected chi connectivity index (χ4v) is 5.98. The Hall–Kier alpha value is -2.07. The number of amides is 1. The van der Waals surface area contributed by atoms with Crippen molar-refractivity contribution < 1.29 is 23.4 Å². The third kappa shape index (κ3) is 3.39. The van der Waals surface area contributed by atoms with Gasteiger partial charge in [-0.3, -0.25) is 9.69 Å². The number of pyridine rings is 1. The van der Waals surface area contributed by atoms with Gasteiger partial charge in [0.05, 0.1) is 46.9 Å². The number of benzene rings is 1. The molecule has 2 N–H and O–H groups in total. The molecule has 2 saturated carbocycles. The lowest BCUT2D eigenvalue weighted by molar-refractivity contribution is -0.118. The van der Waals surface area contributed by atoms with Crippen molar-refractivity contribution in [3.05, 3.63) is 29.4 Å². The van der Waals surface area contributed by atoms with Crippen LogP contribution in [0, 0.1) is 11.3 Å². The fourth-order valence-electron chi connectivity index (χ4n) is 5.69. The van der Waals surface area contributed by atoms with Crippen LogP contribution in [-0.4, -0.2) is 77.9 Å². The van der Waals surface area contributed by atoms with Crippen LogP contribution >= 0.6 is 11.6 Å². The van der Waals surface area contributed by atoms with Crippen LogP contribution in [0.25, 0.3) is 10.8 Å². The first kappa shape index (κ1) is 22.4. The number of nitrogens with zero attached hydrogens (tertiary/aromatic N) is 3. The third-order valence-corrected chi connectivity index (χ3v) is 8.60. The highest BCUT2D eigenvalue weighted by Gasteiger charge is 2.85. The molecule has 10 heteroatoms. The molecule has 7 nitrogen and oxygen atoms in total. The average molecular weight is 493 g/mol. The van der Waals surface area contributed by atoms with Gasteiger partial charge in [-0.15, -0.1) is 0 Å². The molecule has 0 bridgehead atoms. The van der Waals surface area contributed by atoms with E-state index < -0.39 is 23.4 Å². The predicted octanol–water partition coefficient (Wildman–Crippen LogP) is 3.14. The molecule has 1 aromatic heterocycles. The van der Waals surface area contributed by atoms with Crippen LogP contribution in [0.4, 0.5) is 20.3 Å². The van der Waals surface area contributed by atoms with E-state index in [0.717, 1.165) is 42.6 Å². The topological polar surface area (TPSA) is 77.9 Å². The summed E-state index contributed by atoms with van der Waals surface area (Å²) in [5.41, 5.74) is -0.582. The molecule has 4 fully saturated rings. The standard InChI is InChI=1S/C24H27ClF2N4O3/c1-22(13-34-11-19(22)32)31-4-2-30(3-5-31)18-7-14-8-20(28-10-15(14)6-17(18)25)29-21(33)16-9-23(16)12-24(23,26)27/h6-8,10,16,19,32H,2-5,9,11-13H2,1H3,(H,28,29,33)/t16-,19-,22+,23-/m1/s1. The molecule has 2 aliphatic heterocycles. The molecule has 1 aromatic carbocycles. The van der Waals surface area contributed by atoms with Gasteiger partial charge in [-0.05, 0) is 36.9 Å². The summed E-state index contributed by atoms with van der Waals surface area (Å²) in [6, 6.07) is 5.60. The highest BCUT2D eigenvalue weighted by atomic mass is 35.5. The van der Waals surface area contributed by atoms with Crippen molar-refractivity contribution in [1.29, 1.82) is 0 Å². The number of piperazine rings is 1. The fraction of sp³-hybridized carbons (Fsp3) is 0.583. The molecule has 2 aromatic rings. The van der Waals surface area contributed by atoms with Gasteiger partial charge in [-0.1, -0.05) is 11.6 Å². The number of ether oxygens (including phenoxy) is 1. The van der Waals surface area contributed by atoms with Crippen LogP contribution in [0.3, 0.4) is 0 Å². The van der Waals surface area contributed by atoms with E-state index in [9.17, 15) is 18.7 Å². The second-order valence-corrected chi connectivity index (χ2v) is 10.8. The number of aliphatic hydroxyl groups excluding tert-OH is 1. The van der Waals surface area contributed by atoms with Gasteiger partial charge in [-0.25, -0.2) is 13.8 Å². The largest absolute Gasteiger partial charge is 0.389 e. The lowest BCUT2D eigenvalue weighted by Crippen LogP contribution is -2.60. The number of fused-ring (bicyclic) bond motifs is 1. The number of aromatic nitrogens is 1. The Morgan fingerprint density at radius 1 is 1.24 bits per heavy atom. The van der Waals surface area contributed by atoms with Gasteiger partial charge in [0.2, 0.25) is 5.91 Å². The zero-order valence-corrected chi connectivity index (χ0v) is 19.6. The van der Waals surface area contributed by atoms with Crippen molar-refractivity contribution in [1.82, 2.24) is 9.88 Å². The molecule has 3 heterocycles. The molecule has 2 aliphatic carbocycles. The number of anilines is 2. The SMILES string of the molecule is C[C@]1(N2CCN(c3cc4cc(NC(=O)[C@H]5C[C@@]56CC6(F)F)ncc4cc3Cl)CC2)COC[C@H]1O. The van der Waals surface area contributed by atoms with Crippen molar-refractivity contribution in [2.45, 2.75) is 37.3 Å². The normalized spacial score (nSPS) is 34.6. The number of hydrogen-bond acceptors (Lipinski definition) is 6. The molecule has 1 amide bonds. The number of halogens is 3. The van der Waals surface area contributed by atoms with Crippen LogP contribution in [0.15, 0.2) is 24.4 Å². The van der Waals surface area contributed by atoms with Crippen molar-refractivity contribution in [2.24, 2.45) is 11.3 Å². The number of aliphatic hydroxyl groups is 1. The minimum atomic E-state index is -2.71. The van der Waals surface area contributed by atoms with Crippen LogP contribution < -0.4 is 10.2 Å². The number of rotatable bonds is 4. The zero-order chi connectivity index (χ0) is 23.9. The van der Waals surface area contributed by atoms with E-state index in [1.54, 1.807) is 12.3 Å². The van der Waals surface area contributed by atoms with E-state index in [-0.39, 0.29) is 24.3 Å². The summed E-state index contributed by atoms with van der Waals surface area (Å²) in [7, 11) is 0. The molecule has 6 rings (SSSR count). The monoisotopic (exact) mass is 492 g/mol. The van der Waals surface area contributed by atoms with Crippen molar-refractivity contribution in [2.75, 3.05) is 49.6 Å². The number of alkyl halides is 2. The number of hydrogen-bond donors (Lipinski definition) is 2. The Morgan fingerprint density at radius 3 is 2.59 bits per heavy atom. The first-order valence-corrected chi connectivity index (χ1v) is 12.0. The molecular weight excluding hydrogens is 466 g/mol. The maximum absolute atomic E-state index is 13.5. The average Bonchev–Trinajstić information content (AvgIpc) is 3.62. The molecule has 2 saturated heterocycles. The van der Waals surface area contributed by atoms with Gasteiger partial charge in [0.1, 0.15) is 5.82 Å². The smallest absolute Gasteiger partial charge is 0.255 e. The number of carbonyl (C=O) groups is 1. The maximum atomic E-state index is 13.5. The highest BCUT2D eigenvalue weighted by molar-refractivity contribution is 6.34. The summed E-state index contributed by atoms with van der Waals surface area (Å²) in [4.78, 5) is 21.2. The molecule has 0 radical (unpaired) electrons. The summed E-state index contributed by atoms with van der Waals surface area (Å²) in [6.07, 6.45) is 1.19. The van der Waals surface area contributed by atoms with Gasteiger partial charge in [0.25, 0.3) is 5.92 Å². The molecule has 1 spiro atoms. The van der Waals surface area contributed by atoms with Crippen LogP contribution in [0.2, 0.25) is 5.02 Å². The number of carbonyl (C=O) groups excluding carboxylic acids is 1. The van der Waals surface area contributed by atoms with Crippen molar-refractivity contribution >= 4 is 39.8 Å². The Balaban J connectivity index is 1.17. The van der Waals surface area contributed by atoms with E-state index in [2.05, 4.69) is 20.1 Å². The van der Waals surface area contributed by atoms with Gasteiger partial charge >= 0.3 is 0 Å². The lowest BCUT2D eigenvalue weighted by Gasteiger charge is -2.45. The zero-order valence-electron chi connectivity index (χ0n) is 18.9. The van der Waals surface area contributed by atoms with Gasteiger partial charge in [0.15, 0.2) is 0 Å². The molecule has 182 valence electrons. The molecule has 4 atom stereocenters. The van der Waals surface area contributed by atoms with Crippen LogP contribution in [0.5, 0.6) is 0 Å². The Bertz CT molecular complexity index is 1170. The number of nitrogens with one attached hydrogen (secondary N) is 1. The molecular formula is C24H27ClF2N4O3. The second-order valence-electron chi connectivity index (χ2n) is 10.4. The summed E-state index contributed by atoms with van der Waals surface area (Å²) < 4.78 is 32.5. The van der Waals surface area contributed by atoms with Crippen molar-refractivity contribution in [3.63, 3.8) is 0 Å². The van der Waals surface area contributed by atoms with Gasteiger partial charge < -0.3 is 20.1 Å². The molecule has 4 aliphatic rings. The van der Waals surface area contributed by atoms with Crippen LogP contribution in [-0.2, 0) is 9.53 Å². The molecule has 0 unspecified atom stereocenters. The summed E-state index contributed by atoms with van der Waals surface area (Å²) in [6.45, 7) is 5.98. The van der Waals surface area contributed by atoms with E-state index in [1.807, 2.05) is 19.1 Å². The van der Waals surface area contributed by atoms with Crippen molar-refractivity contribution in [3.8, 4) is 0 Å². The summed E-state index contributed by atoms with van der Waals surface area (Å²) >= 11 is 6.61. The summed E-state index contributed by atoms with van der Waals surface area (Å²) in [5, 5.41) is 15.4. The van der Waals surface area contributed by atoms with Crippen LogP contribution in [0.1, 0.15) is 19.8 Å². The third-order valence-electron chi connectivity index (χ3n) is 8.30. The highest BCUT2D eigenvalue weighted by Crippen LogP contribution is 2.79. The van der Waals surface area contributed by atoms with E-state index in [4.69, 9.17) is 16.3 Å². The Morgan fingerprint density at radius 2 is 1.97 bits per heavy atom. The minimum absolute atomic E-state index is 0.191. The summed E-state index contributed by atoms with van der Waals surface area (Å²) in [5.74, 6) is -3.38. The molecule has 34 heavy (non-hydrogen) atoms. The van der Waals surface area contributed by atoms with Gasteiger partial charge in [-0.2, -0.15) is 0 Å². The quantitative estimate of drug-likeness (QED) is 0.683. The lowest BCUT2D eigenvalue weighted by atomic mass is 9.95. The maximum Gasteiger partial charge on any atom is 0.255 e. The Labute approximate surface area is 201 Å². The van der Waals surface area contributed by atoms with E-state index >= 15 is 0 Å². The van der Waals surface area contributed by atoms with E-state index in [1.165, 1.54) is 0 Å². The van der Waals surface area contributed by atoms with E-state index in [0.29, 0.717) is 24.1 Å². The second kappa shape index (κ2) is 7.46. The minimum Gasteiger partial charge on any atom is -0.389 e. The predicted molar refractivity (Wildman–Crippen MR) is 125 cm³/mol. The first-order chi connectivity index (χ1) is 16.1. The Kier molecular flexibility index (Phi) is 4.92. The first-order valence-electron chi connectivity index (χ1n) is 11.7.